The van der Waals surface area contributed by atoms with E-state index in [9.17, 15) is 13.6 Å². The van der Waals surface area contributed by atoms with E-state index >= 15 is 0 Å². The first kappa shape index (κ1) is 16.9. The fourth-order valence-electron chi connectivity index (χ4n) is 2.90. The molecule has 1 aliphatic carbocycles. The molecule has 5 nitrogen and oxygen atoms in total. The summed E-state index contributed by atoms with van der Waals surface area (Å²) in [7, 11) is 0. The minimum Gasteiger partial charge on any atom is -0.342 e. The van der Waals surface area contributed by atoms with Crippen molar-refractivity contribution < 1.29 is 18.1 Å². The molecule has 1 fully saturated rings. The lowest BCUT2D eigenvalue weighted by molar-refractivity contribution is -0.120. The Labute approximate surface area is 142 Å². The first-order chi connectivity index (χ1) is 11.5. The number of carbonyl (C=O) groups is 1. The Bertz CT molecular complexity index is 745. The Balaban J connectivity index is 1.65. The Hall–Kier alpha value is -1.96. The maximum atomic E-state index is 13.2. The summed E-state index contributed by atoms with van der Waals surface area (Å²) in [6.45, 7) is 1.71. The lowest BCUT2D eigenvalue weighted by Gasteiger charge is -2.26. The minimum absolute atomic E-state index is 0.101. The third kappa shape index (κ3) is 3.58. The molecule has 2 aromatic rings. The van der Waals surface area contributed by atoms with Gasteiger partial charge < -0.3 is 9.84 Å². The van der Waals surface area contributed by atoms with Crippen molar-refractivity contribution in [2.24, 2.45) is 0 Å². The Morgan fingerprint density at radius 2 is 2.08 bits per heavy atom. The topological polar surface area (TPSA) is 68.0 Å². The Morgan fingerprint density at radius 3 is 2.71 bits per heavy atom. The van der Waals surface area contributed by atoms with Gasteiger partial charge in [-0.3, -0.25) is 4.79 Å². The van der Waals surface area contributed by atoms with Gasteiger partial charge in [0.1, 0.15) is 5.54 Å². The van der Waals surface area contributed by atoms with Gasteiger partial charge in [0.2, 0.25) is 11.8 Å². The van der Waals surface area contributed by atoms with E-state index in [1.165, 1.54) is 6.07 Å². The smallest absolute Gasteiger partial charge is 0.231 e. The second-order valence-corrected chi connectivity index (χ2v) is 6.89. The van der Waals surface area contributed by atoms with Crippen LogP contribution in [0.5, 0.6) is 0 Å². The number of aryl methyl sites for hydroxylation is 1. The summed E-state index contributed by atoms with van der Waals surface area (Å²) >= 11 is 1.15. The van der Waals surface area contributed by atoms with E-state index in [-0.39, 0.29) is 11.7 Å². The van der Waals surface area contributed by atoms with Crippen LogP contribution in [0.25, 0.3) is 0 Å². The van der Waals surface area contributed by atoms with E-state index in [0.29, 0.717) is 16.6 Å². The van der Waals surface area contributed by atoms with Crippen LogP contribution in [0, 0.1) is 18.6 Å². The average molecular weight is 353 g/mol. The summed E-state index contributed by atoms with van der Waals surface area (Å²) in [6, 6.07) is 3.58. The van der Waals surface area contributed by atoms with Gasteiger partial charge >= 0.3 is 0 Å². The maximum absolute atomic E-state index is 13.2. The number of nitrogens with one attached hydrogen (secondary N) is 1. The molecule has 3 rings (SSSR count). The van der Waals surface area contributed by atoms with Gasteiger partial charge in [-0.15, -0.1) is 11.8 Å². The molecule has 0 atom stereocenters. The summed E-state index contributed by atoms with van der Waals surface area (Å²) in [5.41, 5.74) is -0.594. The SMILES string of the molecule is Cc1nc(C2(NC(=O)CSc3ccc(F)c(F)c3)CCCC2)no1. The van der Waals surface area contributed by atoms with Crippen molar-refractivity contribution in [3.63, 3.8) is 0 Å². The molecule has 0 radical (unpaired) electrons. The van der Waals surface area contributed by atoms with E-state index in [4.69, 9.17) is 4.52 Å². The largest absolute Gasteiger partial charge is 0.342 e. The quantitative estimate of drug-likeness (QED) is 0.835. The van der Waals surface area contributed by atoms with Gasteiger partial charge in [-0.25, -0.2) is 8.78 Å². The van der Waals surface area contributed by atoms with Crippen LogP contribution in [0.4, 0.5) is 8.78 Å². The number of amides is 1. The van der Waals surface area contributed by atoms with Crippen molar-refractivity contribution in [3.05, 3.63) is 41.5 Å². The summed E-state index contributed by atoms with van der Waals surface area (Å²) in [5, 5.41) is 6.97. The van der Waals surface area contributed by atoms with E-state index in [1.54, 1.807) is 6.92 Å². The number of rotatable bonds is 5. The molecule has 1 aromatic heterocycles. The first-order valence-corrected chi connectivity index (χ1v) is 8.67. The first-order valence-electron chi connectivity index (χ1n) is 7.68. The number of halogens is 2. The highest BCUT2D eigenvalue weighted by Crippen LogP contribution is 2.37. The van der Waals surface area contributed by atoms with Gasteiger partial charge in [-0.05, 0) is 31.0 Å². The van der Waals surface area contributed by atoms with Crippen LogP contribution >= 0.6 is 11.8 Å². The molecule has 1 heterocycles. The molecule has 8 heteroatoms. The van der Waals surface area contributed by atoms with E-state index in [2.05, 4.69) is 15.5 Å². The molecule has 0 bridgehead atoms. The van der Waals surface area contributed by atoms with Crippen LogP contribution in [0.2, 0.25) is 0 Å². The van der Waals surface area contributed by atoms with Crippen molar-refractivity contribution in [1.82, 2.24) is 15.5 Å². The molecule has 1 aromatic carbocycles. The highest BCUT2D eigenvalue weighted by molar-refractivity contribution is 8.00. The molecule has 1 aliphatic rings. The Morgan fingerprint density at radius 1 is 1.33 bits per heavy atom. The predicted molar refractivity (Wildman–Crippen MR) is 84.4 cm³/mol. The molecule has 1 N–H and O–H groups in total. The fourth-order valence-corrected chi connectivity index (χ4v) is 3.62. The monoisotopic (exact) mass is 353 g/mol. The molecule has 1 amide bonds. The van der Waals surface area contributed by atoms with Gasteiger partial charge in [0, 0.05) is 11.8 Å². The van der Waals surface area contributed by atoms with Crippen molar-refractivity contribution in [3.8, 4) is 0 Å². The van der Waals surface area contributed by atoms with E-state index in [1.807, 2.05) is 0 Å². The van der Waals surface area contributed by atoms with Gasteiger partial charge in [0.25, 0.3) is 0 Å². The summed E-state index contributed by atoms with van der Waals surface area (Å²) < 4.78 is 31.2. The Kier molecular flexibility index (Phi) is 4.84. The standard InChI is InChI=1S/C16H17F2N3O2S/c1-10-19-15(21-23-10)16(6-2-3-7-16)20-14(22)9-24-11-4-5-12(17)13(18)8-11/h4-5,8H,2-3,6-7,9H2,1H3,(H,20,22). The normalized spacial score (nSPS) is 16.3. The number of hydrogen-bond acceptors (Lipinski definition) is 5. The predicted octanol–water partition coefficient (Wildman–Crippen LogP) is 3.33. The molecule has 128 valence electrons. The van der Waals surface area contributed by atoms with Crippen molar-refractivity contribution in [2.75, 3.05) is 5.75 Å². The lowest BCUT2D eigenvalue weighted by Crippen LogP contribution is -2.45. The van der Waals surface area contributed by atoms with E-state index in [0.717, 1.165) is 49.6 Å². The molecule has 0 spiro atoms. The molecular weight excluding hydrogens is 336 g/mol. The number of thioether (sulfide) groups is 1. The highest BCUT2D eigenvalue weighted by atomic mass is 32.2. The van der Waals surface area contributed by atoms with Crippen molar-refractivity contribution in [2.45, 2.75) is 43.0 Å². The maximum Gasteiger partial charge on any atom is 0.231 e. The summed E-state index contributed by atoms with van der Waals surface area (Å²) in [4.78, 5) is 17.1. The van der Waals surface area contributed by atoms with E-state index < -0.39 is 17.2 Å². The lowest BCUT2D eigenvalue weighted by atomic mass is 9.96. The number of benzene rings is 1. The van der Waals surface area contributed by atoms with Crippen molar-refractivity contribution >= 4 is 17.7 Å². The molecular formula is C16H17F2N3O2S. The molecule has 0 aliphatic heterocycles. The average Bonchev–Trinajstić information content (AvgIpc) is 3.18. The van der Waals surface area contributed by atoms with Crippen LogP contribution in [0.15, 0.2) is 27.6 Å². The number of hydrogen-bond donors (Lipinski definition) is 1. The van der Waals surface area contributed by atoms with Crippen molar-refractivity contribution in [1.29, 1.82) is 0 Å². The van der Waals surface area contributed by atoms with Crippen LogP contribution in [0.1, 0.15) is 37.4 Å². The summed E-state index contributed by atoms with van der Waals surface area (Å²) in [6.07, 6.45) is 3.47. The van der Waals surface area contributed by atoms with Crippen LogP contribution in [-0.4, -0.2) is 21.8 Å². The van der Waals surface area contributed by atoms with Crippen LogP contribution in [0.3, 0.4) is 0 Å². The zero-order chi connectivity index (χ0) is 17.2. The van der Waals surface area contributed by atoms with Crippen LogP contribution in [-0.2, 0) is 10.3 Å². The molecule has 0 unspecified atom stereocenters. The van der Waals surface area contributed by atoms with Gasteiger partial charge in [-0.1, -0.05) is 18.0 Å². The zero-order valence-electron chi connectivity index (χ0n) is 13.1. The van der Waals surface area contributed by atoms with Crippen LogP contribution < -0.4 is 5.32 Å². The second kappa shape index (κ2) is 6.88. The number of carbonyl (C=O) groups excluding carboxylic acids is 1. The highest BCUT2D eigenvalue weighted by Gasteiger charge is 2.41. The number of nitrogens with zero attached hydrogens (tertiary/aromatic N) is 2. The summed E-state index contributed by atoms with van der Waals surface area (Å²) in [5.74, 6) is -0.959. The molecule has 0 saturated heterocycles. The van der Waals surface area contributed by atoms with Gasteiger partial charge in [0.15, 0.2) is 17.5 Å². The minimum atomic E-state index is -0.921. The van der Waals surface area contributed by atoms with Gasteiger partial charge in [-0.2, -0.15) is 4.98 Å². The third-order valence-electron chi connectivity index (χ3n) is 4.05. The second-order valence-electron chi connectivity index (χ2n) is 5.84. The molecule has 24 heavy (non-hydrogen) atoms. The fraction of sp³-hybridized carbons (Fsp3) is 0.438. The number of aromatic nitrogens is 2. The molecule has 1 saturated carbocycles. The third-order valence-corrected chi connectivity index (χ3v) is 5.05. The van der Waals surface area contributed by atoms with Gasteiger partial charge in [0.05, 0.1) is 5.75 Å². The zero-order valence-corrected chi connectivity index (χ0v) is 14.0.